The predicted molar refractivity (Wildman–Crippen MR) is 90.3 cm³/mol. The van der Waals surface area contributed by atoms with Crippen LogP contribution in [0.15, 0.2) is 55.1 Å². The van der Waals surface area contributed by atoms with E-state index >= 15 is 0 Å². The summed E-state index contributed by atoms with van der Waals surface area (Å²) in [6.45, 7) is 1.37. The third kappa shape index (κ3) is 4.44. The van der Waals surface area contributed by atoms with Gasteiger partial charge in [-0.3, -0.25) is 9.78 Å². The van der Waals surface area contributed by atoms with E-state index < -0.39 is 12.0 Å². The first-order chi connectivity index (χ1) is 12.5. The average molecular weight is 355 g/mol. The number of hydrogen-bond donors (Lipinski definition) is 0. The van der Waals surface area contributed by atoms with Crippen molar-refractivity contribution in [2.75, 3.05) is 0 Å². The molecule has 0 spiro atoms. The molecule has 3 rings (SSSR count). The van der Waals surface area contributed by atoms with E-state index in [1.54, 1.807) is 18.2 Å². The standard InChI is InChI=1S/C19H15F2N3O2/c1-12(20)18-4-2-3-15(24-18)8-19(25)13-5-14(21)7-16(6-13)26-17-9-22-11-23-10-17/h2-7,9-12H,8H2,1H3. The first-order valence-corrected chi connectivity index (χ1v) is 7.88. The van der Waals surface area contributed by atoms with Crippen molar-refractivity contribution in [3.05, 3.63) is 77.9 Å². The first kappa shape index (κ1) is 17.6. The van der Waals surface area contributed by atoms with Crippen LogP contribution >= 0.6 is 0 Å². The molecule has 0 fully saturated rings. The Balaban J connectivity index is 1.80. The van der Waals surface area contributed by atoms with Gasteiger partial charge < -0.3 is 4.74 Å². The van der Waals surface area contributed by atoms with Crippen LogP contribution in [0.5, 0.6) is 11.5 Å². The Morgan fingerprint density at radius 1 is 1.15 bits per heavy atom. The molecule has 0 radical (unpaired) electrons. The van der Waals surface area contributed by atoms with Crippen molar-refractivity contribution >= 4 is 5.78 Å². The molecular formula is C19H15F2N3O2. The number of carbonyl (C=O) groups excluding carboxylic acids is 1. The number of carbonyl (C=O) groups is 1. The minimum Gasteiger partial charge on any atom is -0.454 e. The van der Waals surface area contributed by atoms with Gasteiger partial charge in [-0.2, -0.15) is 0 Å². The lowest BCUT2D eigenvalue weighted by atomic mass is 10.1. The van der Waals surface area contributed by atoms with Crippen molar-refractivity contribution in [1.82, 2.24) is 15.0 Å². The molecule has 132 valence electrons. The zero-order valence-electron chi connectivity index (χ0n) is 13.9. The van der Waals surface area contributed by atoms with Gasteiger partial charge in [-0.15, -0.1) is 0 Å². The Hall–Kier alpha value is -3.22. The fourth-order valence-corrected chi connectivity index (χ4v) is 2.34. The van der Waals surface area contributed by atoms with Crippen LogP contribution in [-0.2, 0) is 6.42 Å². The van der Waals surface area contributed by atoms with E-state index in [-0.39, 0.29) is 29.2 Å². The molecule has 0 amide bonds. The molecule has 1 atom stereocenters. The lowest BCUT2D eigenvalue weighted by Gasteiger charge is -2.08. The van der Waals surface area contributed by atoms with E-state index in [4.69, 9.17) is 4.74 Å². The number of pyridine rings is 1. The summed E-state index contributed by atoms with van der Waals surface area (Å²) in [4.78, 5) is 24.2. The minimum atomic E-state index is -1.23. The summed E-state index contributed by atoms with van der Waals surface area (Å²) in [6, 6.07) is 8.53. The molecule has 5 nitrogen and oxygen atoms in total. The Bertz CT molecular complexity index is 918. The molecule has 7 heteroatoms. The number of aromatic nitrogens is 3. The van der Waals surface area contributed by atoms with Gasteiger partial charge in [-0.1, -0.05) is 6.07 Å². The molecule has 0 saturated heterocycles. The molecule has 0 N–H and O–H groups in total. The fourth-order valence-electron chi connectivity index (χ4n) is 2.34. The van der Waals surface area contributed by atoms with E-state index in [0.717, 1.165) is 12.1 Å². The summed E-state index contributed by atoms with van der Waals surface area (Å²) >= 11 is 0. The topological polar surface area (TPSA) is 65.0 Å². The van der Waals surface area contributed by atoms with Crippen LogP contribution in [0.3, 0.4) is 0 Å². The first-order valence-electron chi connectivity index (χ1n) is 7.88. The highest BCUT2D eigenvalue weighted by Crippen LogP contribution is 2.23. The van der Waals surface area contributed by atoms with Gasteiger partial charge in [0.2, 0.25) is 0 Å². The van der Waals surface area contributed by atoms with E-state index in [0.29, 0.717) is 11.4 Å². The molecule has 1 aromatic carbocycles. The smallest absolute Gasteiger partial charge is 0.169 e. The van der Waals surface area contributed by atoms with Gasteiger partial charge in [0.1, 0.15) is 24.1 Å². The molecule has 0 aliphatic rings. The number of Topliss-reactive ketones (excluding diaryl/α,β-unsaturated/α-hetero) is 1. The van der Waals surface area contributed by atoms with Crippen LogP contribution in [0.25, 0.3) is 0 Å². The van der Waals surface area contributed by atoms with Crippen LogP contribution in [0.2, 0.25) is 0 Å². The van der Waals surface area contributed by atoms with Crippen molar-refractivity contribution < 1.29 is 18.3 Å². The lowest BCUT2D eigenvalue weighted by molar-refractivity contribution is 0.0991. The van der Waals surface area contributed by atoms with Gasteiger partial charge in [0.25, 0.3) is 0 Å². The van der Waals surface area contributed by atoms with Gasteiger partial charge in [0.15, 0.2) is 11.5 Å². The van der Waals surface area contributed by atoms with Crippen LogP contribution in [0, 0.1) is 5.82 Å². The lowest BCUT2D eigenvalue weighted by Crippen LogP contribution is -2.07. The molecule has 2 heterocycles. The van der Waals surface area contributed by atoms with Gasteiger partial charge in [-0.05, 0) is 31.2 Å². The maximum Gasteiger partial charge on any atom is 0.169 e. The predicted octanol–water partition coefficient (Wildman–Crippen LogP) is 4.26. The van der Waals surface area contributed by atoms with Crippen molar-refractivity contribution in [2.45, 2.75) is 19.5 Å². The number of nitrogens with zero attached hydrogens (tertiary/aromatic N) is 3. The van der Waals surface area contributed by atoms with Gasteiger partial charge in [-0.25, -0.2) is 18.7 Å². The Kier molecular flexibility index (Phi) is 5.26. The number of hydrogen-bond acceptors (Lipinski definition) is 5. The number of halogens is 2. The number of alkyl halides is 1. The molecule has 2 aromatic heterocycles. The highest BCUT2D eigenvalue weighted by molar-refractivity contribution is 5.97. The van der Waals surface area contributed by atoms with Gasteiger partial charge in [0.05, 0.1) is 24.5 Å². The number of ketones is 1. The molecule has 0 saturated carbocycles. The second-order valence-electron chi connectivity index (χ2n) is 5.62. The molecular weight excluding hydrogens is 340 g/mol. The van der Waals surface area contributed by atoms with Gasteiger partial charge in [0, 0.05) is 17.3 Å². The summed E-state index contributed by atoms with van der Waals surface area (Å²) in [5.74, 6) is -0.485. The normalized spacial score (nSPS) is 11.8. The molecule has 26 heavy (non-hydrogen) atoms. The average Bonchev–Trinajstić information content (AvgIpc) is 2.62. The molecule has 0 bridgehead atoms. The maximum atomic E-state index is 13.9. The third-order valence-corrected chi connectivity index (χ3v) is 3.54. The zero-order chi connectivity index (χ0) is 18.5. The highest BCUT2D eigenvalue weighted by atomic mass is 19.1. The van der Waals surface area contributed by atoms with Crippen LogP contribution in [0.1, 0.15) is 34.8 Å². The summed E-state index contributed by atoms with van der Waals surface area (Å²) in [5, 5.41) is 0. The number of ether oxygens (including phenoxy) is 1. The summed E-state index contributed by atoms with van der Waals surface area (Å²) in [5.41, 5.74) is 0.806. The van der Waals surface area contributed by atoms with Crippen molar-refractivity contribution in [3.8, 4) is 11.5 Å². The van der Waals surface area contributed by atoms with Crippen LogP contribution in [-0.4, -0.2) is 20.7 Å². The van der Waals surface area contributed by atoms with E-state index in [9.17, 15) is 13.6 Å². The number of rotatable bonds is 6. The molecule has 0 aliphatic carbocycles. The van der Waals surface area contributed by atoms with Gasteiger partial charge >= 0.3 is 0 Å². The van der Waals surface area contributed by atoms with Crippen molar-refractivity contribution in [3.63, 3.8) is 0 Å². The van der Waals surface area contributed by atoms with Crippen LogP contribution in [0.4, 0.5) is 8.78 Å². The van der Waals surface area contributed by atoms with E-state index in [1.807, 2.05) is 0 Å². The monoisotopic (exact) mass is 355 g/mol. The van der Waals surface area contributed by atoms with E-state index in [1.165, 1.54) is 31.7 Å². The summed E-state index contributed by atoms with van der Waals surface area (Å²) < 4.78 is 32.7. The fraction of sp³-hybridized carbons (Fsp3) is 0.158. The third-order valence-electron chi connectivity index (χ3n) is 3.54. The second-order valence-corrected chi connectivity index (χ2v) is 5.62. The summed E-state index contributed by atoms with van der Waals surface area (Å²) in [7, 11) is 0. The quantitative estimate of drug-likeness (QED) is 0.618. The zero-order valence-corrected chi connectivity index (χ0v) is 13.9. The molecule has 0 aliphatic heterocycles. The Morgan fingerprint density at radius 2 is 1.92 bits per heavy atom. The van der Waals surface area contributed by atoms with E-state index in [2.05, 4.69) is 15.0 Å². The maximum absolute atomic E-state index is 13.9. The molecule has 1 unspecified atom stereocenters. The Morgan fingerprint density at radius 3 is 2.65 bits per heavy atom. The highest BCUT2D eigenvalue weighted by Gasteiger charge is 2.13. The van der Waals surface area contributed by atoms with Crippen LogP contribution < -0.4 is 4.74 Å². The summed E-state index contributed by atoms with van der Waals surface area (Å²) in [6.07, 6.45) is 2.89. The minimum absolute atomic E-state index is 0.0715. The SMILES string of the molecule is CC(F)c1cccc(CC(=O)c2cc(F)cc(Oc3cncnc3)c2)n1. The second kappa shape index (κ2) is 7.77. The largest absolute Gasteiger partial charge is 0.454 e. The molecule has 3 aromatic rings. The number of benzene rings is 1. The van der Waals surface area contributed by atoms with Crippen molar-refractivity contribution in [1.29, 1.82) is 0 Å². The Labute approximate surface area is 148 Å². The van der Waals surface area contributed by atoms with Crippen molar-refractivity contribution in [2.24, 2.45) is 0 Å².